The van der Waals surface area contributed by atoms with Crippen LogP contribution in [0.15, 0.2) is 71.6 Å². The number of sulfonamides is 1. The summed E-state index contributed by atoms with van der Waals surface area (Å²) in [5.74, 6) is 0.765. The minimum atomic E-state index is -3.78. The van der Waals surface area contributed by atoms with E-state index >= 15 is 0 Å². The molecule has 3 aromatic carbocycles. The number of amides is 1. The van der Waals surface area contributed by atoms with E-state index in [1.54, 1.807) is 30.3 Å². The highest BCUT2D eigenvalue weighted by atomic mass is 32.2. The van der Waals surface area contributed by atoms with Crippen molar-refractivity contribution in [2.75, 3.05) is 61.1 Å². The van der Waals surface area contributed by atoms with E-state index in [4.69, 9.17) is 14.2 Å². The number of nitrogens with zero attached hydrogens (tertiary/aromatic N) is 2. The first-order valence-corrected chi connectivity index (χ1v) is 14.0. The van der Waals surface area contributed by atoms with Crippen LogP contribution in [0.4, 0.5) is 17.1 Å². The van der Waals surface area contributed by atoms with Crippen LogP contribution >= 0.6 is 0 Å². The molecule has 1 aliphatic rings. The minimum Gasteiger partial charge on any atom is -0.492 e. The molecule has 1 saturated heterocycles. The Morgan fingerprint density at radius 3 is 2.21 bits per heavy atom. The number of para-hydroxylation sites is 1. The monoisotopic (exact) mass is 539 g/mol. The molecule has 3 aromatic rings. The van der Waals surface area contributed by atoms with Gasteiger partial charge in [-0.1, -0.05) is 18.2 Å². The van der Waals surface area contributed by atoms with E-state index < -0.39 is 15.9 Å². The molecule has 0 radical (unpaired) electrons. The van der Waals surface area contributed by atoms with Crippen molar-refractivity contribution < 1.29 is 27.4 Å². The van der Waals surface area contributed by atoms with Crippen LogP contribution in [0.3, 0.4) is 0 Å². The fourth-order valence-corrected chi connectivity index (χ4v) is 5.35. The maximum Gasteiger partial charge on any atom is 0.264 e. The van der Waals surface area contributed by atoms with Gasteiger partial charge in [0.05, 0.1) is 48.4 Å². The molecule has 202 valence electrons. The van der Waals surface area contributed by atoms with E-state index in [-0.39, 0.29) is 4.90 Å². The minimum absolute atomic E-state index is 0.0869. The zero-order chi connectivity index (χ0) is 27.1. The average molecular weight is 540 g/mol. The number of rotatable bonds is 10. The topological polar surface area (TPSA) is 97.4 Å². The second kappa shape index (κ2) is 12.2. The zero-order valence-corrected chi connectivity index (χ0v) is 22.7. The van der Waals surface area contributed by atoms with Crippen LogP contribution in [0.5, 0.6) is 11.5 Å². The standard InChI is InChI=1S/C28H33N3O6S/c1-4-36-26-20-25(31-15-17-35-18-16-31)27(37-5-2)19-24(26)29-28(32)21-11-13-23(14-12-21)38(33,34)30(3)22-9-7-6-8-10-22/h6-14,19-20H,4-5,15-18H2,1-3H3,(H,29,32). The van der Waals surface area contributed by atoms with Crippen molar-refractivity contribution in [1.82, 2.24) is 0 Å². The third-order valence-electron chi connectivity index (χ3n) is 6.16. The fraction of sp³-hybridized carbons (Fsp3) is 0.321. The third-order valence-corrected chi connectivity index (χ3v) is 7.96. The predicted molar refractivity (Wildman–Crippen MR) is 148 cm³/mol. The first kappa shape index (κ1) is 27.3. The zero-order valence-electron chi connectivity index (χ0n) is 21.8. The Labute approximate surface area is 224 Å². The quantitative estimate of drug-likeness (QED) is 0.408. The summed E-state index contributed by atoms with van der Waals surface area (Å²) >= 11 is 0. The van der Waals surface area contributed by atoms with Crippen LogP contribution in [0.2, 0.25) is 0 Å². The molecule has 1 N–H and O–H groups in total. The summed E-state index contributed by atoms with van der Waals surface area (Å²) in [6.07, 6.45) is 0. The van der Waals surface area contributed by atoms with Gasteiger partial charge in [-0.3, -0.25) is 9.10 Å². The Morgan fingerprint density at radius 1 is 0.947 bits per heavy atom. The highest BCUT2D eigenvalue weighted by Crippen LogP contribution is 2.39. The Morgan fingerprint density at radius 2 is 1.58 bits per heavy atom. The van der Waals surface area contributed by atoms with Crippen molar-refractivity contribution >= 4 is 33.0 Å². The molecule has 0 unspecified atom stereocenters. The van der Waals surface area contributed by atoms with E-state index in [9.17, 15) is 13.2 Å². The Kier molecular flexibility index (Phi) is 8.75. The lowest BCUT2D eigenvalue weighted by atomic mass is 10.1. The van der Waals surface area contributed by atoms with Gasteiger partial charge in [0, 0.05) is 37.8 Å². The summed E-state index contributed by atoms with van der Waals surface area (Å²) in [5, 5.41) is 2.90. The second-order valence-electron chi connectivity index (χ2n) is 8.57. The third kappa shape index (κ3) is 6.03. The predicted octanol–water partition coefficient (Wildman–Crippen LogP) is 4.40. The lowest BCUT2D eigenvalue weighted by Crippen LogP contribution is -2.36. The van der Waals surface area contributed by atoms with Gasteiger partial charge < -0.3 is 24.4 Å². The highest BCUT2D eigenvalue weighted by molar-refractivity contribution is 7.92. The Balaban J connectivity index is 1.57. The maximum absolute atomic E-state index is 13.1. The van der Waals surface area contributed by atoms with Crippen LogP contribution in [-0.4, -0.2) is 60.9 Å². The van der Waals surface area contributed by atoms with E-state index in [0.717, 1.165) is 18.8 Å². The first-order valence-electron chi connectivity index (χ1n) is 12.6. The van der Waals surface area contributed by atoms with Crippen LogP contribution in [-0.2, 0) is 14.8 Å². The normalized spacial score (nSPS) is 13.6. The summed E-state index contributed by atoms with van der Waals surface area (Å²) in [6.45, 7) is 7.37. The van der Waals surface area contributed by atoms with Gasteiger partial charge in [0.1, 0.15) is 11.5 Å². The number of anilines is 3. The molecule has 0 aliphatic carbocycles. The molecule has 1 aliphatic heterocycles. The van der Waals surface area contributed by atoms with Crippen molar-refractivity contribution in [3.05, 3.63) is 72.3 Å². The summed E-state index contributed by atoms with van der Waals surface area (Å²) in [6, 6.07) is 18.3. The van der Waals surface area contributed by atoms with Gasteiger partial charge in [0.2, 0.25) is 0 Å². The molecule has 4 rings (SSSR count). The van der Waals surface area contributed by atoms with Crippen molar-refractivity contribution in [2.24, 2.45) is 0 Å². The molecule has 0 atom stereocenters. The summed E-state index contributed by atoms with van der Waals surface area (Å²) in [7, 11) is -2.29. The van der Waals surface area contributed by atoms with Gasteiger partial charge in [-0.25, -0.2) is 8.42 Å². The van der Waals surface area contributed by atoms with E-state index in [1.807, 2.05) is 26.0 Å². The smallest absolute Gasteiger partial charge is 0.264 e. The lowest BCUT2D eigenvalue weighted by Gasteiger charge is -2.31. The second-order valence-corrected chi connectivity index (χ2v) is 10.5. The molecule has 38 heavy (non-hydrogen) atoms. The molecular weight excluding hydrogens is 506 g/mol. The SMILES string of the molecule is CCOc1cc(N2CCOCC2)c(OCC)cc1NC(=O)c1ccc(S(=O)(=O)N(C)c2ccccc2)cc1. The number of hydrogen-bond acceptors (Lipinski definition) is 7. The van der Waals surface area contributed by atoms with Crippen molar-refractivity contribution in [2.45, 2.75) is 18.7 Å². The first-order chi connectivity index (χ1) is 18.3. The molecule has 0 bridgehead atoms. The van der Waals surface area contributed by atoms with Gasteiger partial charge in [0.25, 0.3) is 15.9 Å². The van der Waals surface area contributed by atoms with Crippen LogP contribution in [0.25, 0.3) is 0 Å². The number of benzene rings is 3. The van der Waals surface area contributed by atoms with E-state index in [0.29, 0.717) is 54.9 Å². The van der Waals surface area contributed by atoms with E-state index in [2.05, 4.69) is 10.2 Å². The molecule has 9 nitrogen and oxygen atoms in total. The van der Waals surface area contributed by atoms with Crippen LogP contribution in [0, 0.1) is 0 Å². The molecule has 10 heteroatoms. The lowest BCUT2D eigenvalue weighted by molar-refractivity contribution is 0.102. The maximum atomic E-state index is 13.1. The van der Waals surface area contributed by atoms with Crippen LogP contribution in [0.1, 0.15) is 24.2 Å². The van der Waals surface area contributed by atoms with Crippen molar-refractivity contribution in [1.29, 1.82) is 0 Å². The number of hydrogen-bond donors (Lipinski definition) is 1. The number of carbonyl (C=O) groups is 1. The molecular formula is C28H33N3O6S. The molecule has 1 fully saturated rings. The fourth-order valence-electron chi connectivity index (χ4n) is 4.15. The molecule has 1 amide bonds. The summed E-state index contributed by atoms with van der Waals surface area (Å²) in [5.41, 5.74) is 2.21. The summed E-state index contributed by atoms with van der Waals surface area (Å²) < 4.78 is 44.6. The van der Waals surface area contributed by atoms with Gasteiger partial charge >= 0.3 is 0 Å². The average Bonchev–Trinajstić information content (AvgIpc) is 2.95. The molecule has 0 saturated carbocycles. The Bertz CT molecular complexity index is 1340. The largest absolute Gasteiger partial charge is 0.492 e. The number of carbonyl (C=O) groups excluding carboxylic acids is 1. The van der Waals surface area contributed by atoms with Crippen molar-refractivity contribution in [3.63, 3.8) is 0 Å². The van der Waals surface area contributed by atoms with E-state index in [1.165, 1.54) is 35.6 Å². The van der Waals surface area contributed by atoms with Crippen LogP contribution < -0.4 is 24.0 Å². The molecule has 1 heterocycles. The molecule has 0 spiro atoms. The van der Waals surface area contributed by atoms with Gasteiger partial charge in [-0.2, -0.15) is 0 Å². The van der Waals surface area contributed by atoms with Gasteiger partial charge in [-0.15, -0.1) is 0 Å². The van der Waals surface area contributed by atoms with Crippen molar-refractivity contribution in [3.8, 4) is 11.5 Å². The Hall–Kier alpha value is -3.76. The number of morpholine rings is 1. The van der Waals surface area contributed by atoms with Gasteiger partial charge in [-0.05, 0) is 50.2 Å². The molecule has 0 aromatic heterocycles. The summed E-state index contributed by atoms with van der Waals surface area (Å²) in [4.78, 5) is 15.4. The van der Waals surface area contributed by atoms with Gasteiger partial charge in [0.15, 0.2) is 0 Å². The number of ether oxygens (including phenoxy) is 3. The number of nitrogens with one attached hydrogen (secondary N) is 1. The highest BCUT2D eigenvalue weighted by Gasteiger charge is 2.23.